The monoisotopic (exact) mass is 423 g/mol. The molecule has 0 aliphatic rings. The number of para-hydroxylation sites is 1. The van der Waals surface area contributed by atoms with E-state index in [1.165, 1.54) is 11.8 Å². The number of thioether (sulfide) groups is 1. The van der Waals surface area contributed by atoms with Gasteiger partial charge in [0.1, 0.15) is 0 Å². The Labute approximate surface area is 180 Å². The van der Waals surface area contributed by atoms with E-state index >= 15 is 0 Å². The van der Waals surface area contributed by atoms with E-state index in [2.05, 4.69) is 20.8 Å². The Hall–Kier alpha value is -3.13. The number of anilines is 1. The van der Waals surface area contributed by atoms with E-state index in [0.29, 0.717) is 16.5 Å². The fraction of sp³-hybridized carbons (Fsp3) is 0.273. The van der Waals surface area contributed by atoms with Crippen LogP contribution in [0.1, 0.15) is 40.3 Å². The minimum absolute atomic E-state index is 0.111. The highest BCUT2D eigenvalue weighted by molar-refractivity contribution is 7.99. The second kappa shape index (κ2) is 9.58. The van der Waals surface area contributed by atoms with E-state index in [1.54, 1.807) is 10.6 Å². The molecule has 0 aliphatic heterocycles. The van der Waals surface area contributed by atoms with E-state index in [1.807, 2.05) is 70.3 Å². The quantitative estimate of drug-likeness (QED) is 0.566. The minimum atomic E-state index is -0.328. The summed E-state index contributed by atoms with van der Waals surface area (Å²) >= 11 is 1.30. The molecule has 8 heteroatoms. The minimum Gasteiger partial charge on any atom is -0.342 e. The first-order valence-corrected chi connectivity index (χ1v) is 10.6. The smallest absolute Gasteiger partial charge is 0.251 e. The predicted molar refractivity (Wildman–Crippen MR) is 119 cm³/mol. The number of hydrogen-bond donors (Lipinski definition) is 2. The first kappa shape index (κ1) is 21.6. The van der Waals surface area contributed by atoms with Gasteiger partial charge in [-0.15, -0.1) is 10.2 Å². The lowest BCUT2D eigenvalue weighted by atomic mass is 10.1. The lowest BCUT2D eigenvalue weighted by Gasteiger charge is -2.14. The highest BCUT2D eigenvalue weighted by Gasteiger charge is 2.19. The average Bonchev–Trinajstić information content (AvgIpc) is 3.08. The van der Waals surface area contributed by atoms with Crippen LogP contribution in [0.25, 0.3) is 0 Å². The summed E-state index contributed by atoms with van der Waals surface area (Å²) in [6, 6.07) is 14.7. The molecule has 0 bridgehead atoms. The summed E-state index contributed by atoms with van der Waals surface area (Å²) in [5.74, 6) is 0.558. The fourth-order valence-electron chi connectivity index (χ4n) is 2.99. The standard InChI is InChI=1S/C22H25N5O2S/c1-14-8-7-10-17(12-14)21(29)23-16(3)20-25-26-22(27(20)4)30-13-19(28)24-18-11-6-5-9-15(18)2/h5-12,16H,13H2,1-4H3,(H,23,29)(H,24,28)/t16-/m1/s1. The van der Waals surface area contributed by atoms with Crippen LogP contribution in [0.2, 0.25) is 0 Å². The lowest BCUT2D eigenvalue weighted by molar-refractivity contribution is -0.113. The van der Waals surface area contributed by atoms with Crippen LogP contribution >= 0.6 is 11.8 Å². The van der Waals surface area contributed by atoms with Crippen LogP contribution in [0.15, 0.2) is 53.7 Å². The number of carbonyl (C=O) groups excluding carboxylic acids is 2. The Morgan fingerprint density at radius 3 is 2.60 bits per heavy atom. The molecular weight excluding hydrogens is 398 g/mol. The molecule has 7 nitrogen and oxygen atoms in total. The zero-order valence-corrected chi connectivity index (χ0v) is 18.3. The number of rotatable bonds is 7. The van der Waals surface area contributed by atoms with E-state index in [4.69, 9.17) is 0 Å². The zero-order valence-electron chi connectivity index (χ0n) is 17.5. The number of amides is 2. The molecule has 0 saturated heterocycles. The van der Waals surface area contributed by atoms with Crippen molar-refractivity contribution in [3.05, 3.63) is 71.0 Å². The summed E-state index contributed by atoms with van der Waals surface area (Å²) in [4.78, 5) is 24.8. The Morgan fingerprint density at radius 2 is 1.87 bits per heavy atom. The van der Waals surface area contributed by atoms with Crippen molar-refractivity contribution in [1.82, 2.24) is 20.1 Å². The van der Waals surface area contributed by atoms with Crippen LogP contribution in [0.3, 0.4) is 0 Å². The first-order chi connectivity index (χ1) is 14.3. The Balaban J connectivity index is 1.59. The average molecular weight is 424 g/mol. The molecule has 1 aromatic heterocycles. The maximum Gasteiger partial charge on any atom is 0.251 e. The van der Waals surface area contributed by atoms with Crippen LogP contribution in [0.5, 0.6) is 0 Å². The van der Waals surface area contributed by atoms with Gasteiger partial charge in [0.25, 0.3) is 5.91 Å². The third-order valence-corrected chi connectivity index (χ3v) is 5.66. The molecule has 0 saturated carbocycles. The molecule has 30 heavy (non-hydrogen) atoms. The molecule has 0 radical (unpaired) electrons. The van der Waals surface area contributed by atoms with Gasteiger partial charge in [0, 0.05) is 18.3 Å². The van der Waals surface area contributed by atoms with Gasteiger partial charge in [-0.25, -0.2) is 0 Å². The molecule has 2 N–H and O–H groups in total. The normalized spacial score (nSPS) is 11.7. The van der Waals surface area contributed by atoms with Crippen LogP contribution in [-0.2, 0) is 11.8 Å². The molecule has 1 atom stereocenters. The van der Waals surface area contributed by atoms with E-state index in [-0.39, 0.29) is 23.6 Å². The Bertz CT molecular complexity index is 1060. The van der Waals surface area contributed by atoms with Crippen molar-refractivity contribution in [2.45, 2.75) is 32.0 Å². The van der Waals surface area contributed by atoms with Crippen molar-refractivity contribution in [2.24, 2.45) is 7.05 Å². The molecule has 0 aliphatic carbocycles. The topological polar surface area (TPSA) is 88.9 Å². The largest absolute Gasteiger partial charge is 0.342 e. The maximum absolute atomic E-state index is 12.5. The fourth-order valence-corrected chi connectivity index (χ4v) is 3.71. The third-order valence-electron chi connectivity index (χ3n) is 4.64. The molecular formula is C22H25N5O2S. The first-order valence-electron chi connectivity index (χ1n) is 9.60. The molecule has 3 rings (SSSR count). The summed E-state index contributed by atoms with van der Waals surface area (Å²) in [7, 11) is 1.83. The van der Waals surface area contributed by atoms with Gasteiger partial charge in [0.05, 0.1) is 11.8 Å². The van der Waals surface area contributed by atoms with Crippen LogP contribution < -0.4 is 10.6 Å². The van der Waals surface area contributed by atoms with Crippen molar-refractivity contribution in [1.29, 1.82) is 0 Å². The lowest BCUT2D eigenvalue weighted by Crippen LogP contribution is -2.28. The van der Waals surface area contributed by atoms with Crippen molar-refractivity contribution in [3.8, 4) is 0 Å². The van der Waals surface area contributed by atoms with Crippen molar-refractivity contribution in [3.63, 3.8) is 0 Å². The Morgan fingerprint density at radius 1 is 1.10 bits per heavy atom. The van der Waals surface area contributed by atoms with Gasteiger partial charge in [-0.2, -0.15) is 0 Å². The summed E-state index contributed by atoms with van der Waals surface area (Å²) < 4.78 is 1.80. The summed E-state index contributed by atoms with van der Waals surface area (Å²) in [6.07, 6.45) is 0. The number of nitrogens with one attached hydrogen (secondary N) is 2. The number of nitrogens with zero attached hydrogens (tertiary/aromatic N) is 3. The second-order valence-electron chi connectivity index (χ2n) is 7.12. The number of carbonyl (C=O) groups is 2. The van der Waals surface area contributed by atoms with Crippen LogP contribution in [0, 0.1) is 13.8 Å². The van der Waals surface area contributed by atoms with Gasteiger partial charge in [-0.3, -0.25) is 9.59 Å². The third kappa shape index (κ3) is 5.27. The van der Waals surface area contributed by atoms with Crippen molar-refractivity contribution < 1.29 is 9.59 Å². The van der Waals surface area contributed by atoms with E-state index in [9.17, 15) is 9.59 Å². The van der Waals surface area contributed by atoms with Crippen LogP contribution in [0.4, 0.5) is 5.69 Å². The van der Waals surface area contributed by atoms with Crippen molar-refractivity contribution in [2.75, 3.05) is 11.1 Å². The van der Waals surface area contributed by atoms with Gasteiger partial charge in [0.15, 0.2) is 11.0 Å². The highest BCUT2D eigenvalue weighted by Crippen LogP contribution is 2.20. The summed E-state index contributed by atoms with van der Waals surface area (Å²) in [5.41, 5.74) is 3.44. The van der Waals surface area contributed by atoms with E-state index in [0.717, 1.165) is 16.8 Å². The number of aryl methyl sites for hydroxylation is 2. The maximum atomic E-state index is 12.5. The van der Waals surface area contributed by atoms with Crippen molar-refractivity contribution >= 4 is 29.3 Å². The molecule has 2 amide bonds. The van der Waals surface area contributed by atoms with E-state index < -0.39 is 0 Å². The van der Waals surface area contributed by atoms with Crippen LogP contribution in [-0.4, -0.2) is 32.3 Å². The Kier molecular flexibility index (Phi) is 6.89. The molecule has 0 unspecified atom stereocenters. The highest BCUT2D eigenvalue weighted by atomic mass is 32.2. The van der Waals surface area contributed by atoms with Gasteiger partial charge < -0.3 is 15.2 Å². The molecule has 0 spiro atoms. The van der Waals surface area contributed by atoms with Gasteiger partial charge in [-0.05, 0) is 44.5 Å². The summed E-state index contributed by atoms with van der Waals surface area (Å²) in [5, 5.41) is 14.8. The van der Waals surface area contributed by atoms with Gasteiger partial charge in [0.2, 0.25) is 5.91 Å². The molecule has 3 aromatic rings. The number of benzene rings is 2. The number of aromatic nitrogens is 3. The zero-order chi connectivity index (χ0) is 21.7. The van der Waals surface area contributed by atoms with Gasteiger partial charge >= 0.3 is 0 Å². The van der Waals surface area contributed by atoms with Gasteiger partial charge in [-0.1, -0.05) is 47.7 Å². The molecule has 0 fully saturated rings. The summed E-state index contributed by atoms with van der Waals surface area (Å²) in [6.45, 7) is 5.75. The second-order valence-corrected chi connectivity index (χ2v) is 8.06. The molecule has 2 aromatic carbocycles. The molecule has 156 valence electrons. The number of hydrogen-bond acceptors (Lipinski definition) is 5. The molecule has 1 heterocycles. The SMILES string of the molecule is Cc1cccc(C(=O)N[C@H](C)c2nnc(SCC(=O)Nc3ccccc3C)n2C)c1. The predicted octanol–water partition coefficient (Wildman–Crippen LogP) is 3.65.